The molecule has 0 amide bonds. The summed E-state index contributed by atoms with van der Waals surface area (Å²) in [4.78, 5) is 29.4. The van der Waals surface area contributed by atoms with Crippen molar-refractivity contribution in [2.45, 2.75) is 19.4 Å². The minimum absolute atomic E-state index is 0.0871. The summed E-state index contributed by atoms with van der Waals surface area (Å²) in [5, 5.41) is 10.9. The number of ether oxygens (including phenoxy) is 2. The van der Waals surface area contributed by atoms with E-state index in [-0.39, 0.29) is 12.3 Å². The minimum Gasteiger partial charge on any atom is -0.496 e. The first-order valence-corrected chi connectivity index (χ1v) is 8.28. The monoisotopic (exact) mass is 357 g/mol. The number of benzene rings is 1. The van der Waals surface area contributed by atoms with Crippen LogP contribution in [0.5, 0.6) is 5.75 Å². The number of nitrogens with zero attached hydrogens (tertiary/aromatic N) is 3. The third-order valence-corrected chi connectivity index (χ3v) is 4.25. The number of methoxy groups -OCH3 is 1. The van der Waals surface area contributed by atoms with E-state index in [0.717, 1.165) is 25.9 Å². The molecule has 8 nitrogen and oxygen atoms in total. The Bertz CT molecular complexity index is 818. The second-order valence-corrected chi connectivity index (χ2v) is 5.90. The highest BCUT2D eigenvalue weighted by Crippen LogP contribution is 2.26. The number of esters is 1. The van der Waals surface area contributed by atoms with Gasteiger partial charge in [-0.3, -0.25) is 10.1 Å². The molecule has 1 aromatic heterocycles. The fourth-order valence-electron chi connectivity index (χ4n) is 2.95. The molecule has 0 unspecified atom stereocenters. The van der Waals surface area contributed by atoms with Crippen LogP contribution in [0.15, 0.2) is 36.5 Å². The van der Waals surface area contributed by atoms with Gasteiger partial charge in [-0.05, 0) is 31.0 Å². The van der Waals surface area contributed by atoms with Gasteiger partial charge in [0, 0.05) is 37.0 Å². The molecule has 1 aliphatic heterocycles. The maximum absolute atomic E-state index is 12.6. The maximum Gasteiger partial charge on any atom is 0.342 e. The van der Waals surface area contributed by atoms with Gasteiger partial charge >= 0.3 is 5.97 Å². The van der Waals surface area contributed by atoms with Gasteiger partial charge < -0.3 is 14.4 Å². The molecule has 136 valence electrons. The Morgan fingerprint density at radius 3 is 2.77 bits per heavy atom. The van der Waals surface area contributed by atoms with E-state index in [1.165, 1.54) is 25.3 Å². The number of aromatic nitrogens is 1. The third-order valence-electron chi connectivity index (χ3n) is 4.25. The fraction of sp³-hybridized carbons (Fsp3) is 0.333. The van der Waals surface area contributed by atoms with Crippen molar-refractivity contribution >= 4 is 17.5 Å². The molecule has 0 aliphatic carbocycles. The van der Waals surface area contributed by atoms with Crippen LogP contribution in [0, 0.1) is 10.1 Å². The average molecular weight is 357 g/mol. The summed E-state index contributed by atoms with van der Waals surface area (Å²) in [7, 11) is 1.46. The fourth-order valence-corrected chi connectivity index (χ4v) is 2.95. The summed E-state index contributed by atoms with van der Waals surface area (Å²) in [5.74, 6) is 0.518. The third kappa shape index (κ3) is 3.74. The highest BCUT2D eigenvalue weighted by molar-refractivity contribution is 5.94. The largest absolute Gasteiger partial charge is 0.496 e. The number of anilines is 1. The number of carbonyl (C=O) groups excluding carboxylic acids is 1. The van der Waals surface area contributed by atoms with Crippen molar-refractivity contribution in [1.29, 1.82) is 0 Å². The summed E-state index contributed by atoms with van der Waals surface area (Å²) < 4.78 is 10.6. The van der Waals surface area contributed by atoms with Gasteiger partial charge in [0.2, 0.25) is 0 Å². The lowest BCUT2D eigenvalue weighted by Gasteiger charge is -2.19. The van der Waals surface area contributed by atoms with Gasteiger partial charge in [0.25, 0.3) is 5.69 Å². The van der Waals surface area contributed by atoms with Gasteiger partial charge in [-0.15, -0.1) is 0 Å². The topological polar surface area (TPSA) is 94.8 Å². The lowest BCUT2D eigenvalue weighted by atomic mass is 10.2. The highest BCUT2D eigenvalue weighted by Gasteiger charge is 2.22. The van der Waals surface area contributed by atoms with E-state index in [1.807, 2.05) is 0 Å². The summed E-state index contributed by atoms with van der Waals surface area (Å²) in [5.41, 5.74) is 0.733. The number of carbonyl (C=O) groups is 1. The Kier molecular flexibility index (Phi) is 5.31. The predicted molar refractivity (Wildman–Crippen MR) is 94.5 cm³/mol. The van der Waals surface area contributed by atoms with Gasteiger partial charge in [-0.25, -0.2) is 9.78 Å². The zero-order valence-electron chi connectivity index (χ0n) is 14.4. The number of pyridine rings is 1. The molecule has 26 heavy (non-hydrogen) atoms. The Hall–Kier alpha value is -3.16. The molecule has 0 atom stereocenters. The number of hydrogen-bond acceptors (Lipinski definition) is 7. The minimum atomic E-state index is -0.520. The van der Waals surface area contributed by atoms with Crippen LogP contribution in [0.3, 0.4) is 0 Å². The van der Waals surface area contributed by atoms with E-state index in [1.54, 1.807) is 18.3 Å². The lowest BCUT2D eigenvalue weighted by Crippen LogP contribution is -2.22. The zero-order valence-corrected chi connectivity index (χ0v) is 14.4. The molecular formula is C18H19N3O5. The Labute approximate surface area is 150 Å². The van der Waals surface area contributed by atoms with E-state index in [0.29, 0.717) is 22.7 Å². The first-order chi connectivity index (χ1) is 12.6. The normalized spacial score (nSPS) is 13.5. The number of nitro groups is 1. The Balaban J connectivity index is 1.77. The zero-order chi connectivity index (χ0) is 18.5. The smallest absolute Gasteiger partial charge is 0.342 e. The van der Waals surface area contributed by atoms with Crippen LogP contribution in [-0.4, -0.2) is 36.1 Å². The van der Waals surface area contributed by atoms with Gasteiger partial charge in [-0.1, -0.05) is 0 Å². The molecular weight excluding hydrogens is 338 g/mol. The van der Waals surface area contributed by atoms with Crippen LogP contribution in [0.25, 0.3) is 0 Å². The molecule has 8 heteroatoms. The first-order valence-electron chi connectivity index (χ1n) is 8.28. The molecule has 0 N–H and O–H groups in total. The summed E-state index contributed by atoms with van der Waals surface area (Å²) >= 11 is 0. The van der Waals surface area contributed by atoms with E-state index >= 15 is 0 Å². The molecule has 1 saturated heterocycles. The lowest BCUT2D eigenvalue weighted by molar-refractivity contribution is -0.385. The standard InChI is InChI=1S/C18H19N3O5/c1-25-16-7-6-14(21(23)24)11-13(16)12-26-18(22)15-5-4-8-19-17(15)20-9-2-3-10-20/h4-8,11H,2-3,9-10,12H2,1H3. The number of nitro benzene ring substituents is 1. The Morgan fingerprint density at radius 2 is 2.08 bits per heavy atom. The summed E-state index contributed by atoms with van der Waals surface area (Å²) in [6.45, 7) is 1.59. The molecule has 2 aromatic rings. The van der Waals surface area contributed by atoms with Crippen LogP contribution < -0.4 is 9.64 Å². The molecule has 0 spiro atoms. The van der Waals surface area contributed by atoms with Crippen molar-refractivity contribution in [1.82, 2.24) is 4.98 Å². The van der Waals surface area contributed by atoms with Crippen molar-refractivity contribution in [2.75, 3.05) is 25.1 Å². The second-order valence-electron chi connectivity index (χ2n) is 5.90. The summed E-state index contributed by atoms with van der Waals surface area (Å²) in [6.07, 6.45) is 3.78. The molecule has 1 fully saturated rings. The predicted octanol–water partition coefficient (Wildman–Crippen LogP) is 2.96. The first kappa shape index (κ1) is 17.7. The molecule has 0 bridgehead atoms. The van der Waals surface area contributed by atoms with Crippen molar-refractivity contribution in [3.63, 3.8) is 0 Å². The molecule has 1 aliphatic rings. The summed E-state index contributed by atoms with van der Waals surface area (Å²) in [6, 6.07) is 7.53. The maximum atomic E-state index is 12.6. The quantitative estimate of drug-likeness (QED) is 0.445. The van der Waals surface area contributed by atoms with Gasteiger partial charge in [0.05, 0.1) is 12.0 Å². The SMILES string of the molecule is COc1ccc([N+](=O)[O-])cc1COC(=O)c1cccnc1N1CCCC1. The Morgan fingerprint density at radius 1 is 1.31 bits per heavy atom. The van der Waals surface area contributed by atoms with E-state index in [2.05, 4.69) is 9.88 Å². The van der Waals surface area contributed by atoms with Gasteiger partial charge in [0.1, 0.15) is 23.7 Å². The molecule has 0 saturated carbocycles. The van der Waals surface area contributed by atoms with Crippen LogP contribution in [0.4, 0.5) is 11.5 Å². The molecule has 0 radical (unpaired) electrons. The number of rotatable bonds is 6. The van der Waals surface area contributed by atoms with E-state index in [4.69, 9.17) is 9.47 Å². The molecule has 2 heterocycles. The van der Waals surface area contributed by atoms with Crippen molar-refractivity contribution in [2.24, 2.45) is 0 Å². The highest BCUT2D eigenvalue weighted by atomic mass is 16.6. The van der Waals surface area contributed by atoms with Crippen LogP contribution in [0.1, 0.15) is 28.8 Å². The van der Waals surface area contributed by atoms with Gasteiger partial charge in [-0.2, -0.15) is 0 Å². The average Bonchev–Trinajstić information content (AvgIpc) is 3.20. The van der Waals surface area contributed by atoms with Crippen molar-refractivity contribution in [3.8, 4) is 5.75 Å². The van der Waals surface area contributed by atoms with Crippen molar-refractivity contribution < 1.29 is 19.2 Å². The molecule has 1 aromatic carbocycles. The number of hydrogen-bond donors (Lipinski definition) is 0. The van der Waals surface area contributed by atoms with Crippen LogP contribution in [-0.2, 0) is 11.3 Å². The molecule has 3 rings (SSSR count). The van der Waals surface area contributed by atoms with Crippen LogP contribution in [0.2, 0.25) is 0 Å². The number of non-ortho nitro benzene ring substituents is 1. The second kappa shape index (κ2) is 7.81. The van der Waals surface area contributed by atoms with Crippen LogP contribution >= 0.6 is 0 Å². The van der Waals surface area contributed by atoms with E-state index < -0.39 is 10.9 Å². The van der Waals surface area contributed by atoms with E-state index in [9.17, 15) is 14.9 Å². The van der Waals surface area contributed by atoms with Gasteiger partial charge in [0.15, 0.2) is 0 Å². The van der Waals surface area contributed by atoms with Crippen molar-refractivity contribution in [3.05, 3.63) is 57.8 Å².